The average molecular weight is 380 g/mol. The van der Waals surface area contributed by atoms with E-state index in [9.17, 15) is 13.2 Å². The summed E-state index contributed by atoms with van der Waals surface area (Å²) in [6, 6.07) is 7.64. The van der Waals surface area contributed by atoms with Crippen LogP contribution in [0.3, 0.4) is 0 Å². The third-order valence-corrected chi connectivity index (χ3v) is 7.82. The van der Waals surface area contributed by atoms with Crippen molar-refractivity contribution in [2.45, 2.75) is 62.6 Å². The number of nitrogens with zero attached hydrogens (tertiary/aromatic N) is 2. The standard InChI is InChI=1S/C19H29N3O3S/c1-4-22(5-2)26(24,25)18-10-6-14(7-11-18)19(23)21(3)17-12-15-8-9-16(13-17)20-15/h6-7,10-11,15-17,20H,4-5,8-9,12-13H2,1-3H3. The summed E-state index contributed by atoms with van der Waals surface area (Å²) in [5.41, 5.74) is 0.539. The molecule has 0 aliphatic carbocycles. The molecule has 0 saturated carbocycles. The smallest absolute Gasteiger partial charge is 0.253 e. The van der Waals surface area contributed by atoms with Gasteiger partial charge >= 0.3 is 0 Å². The van der Waals surface area contributed by atoms with Gasteiger partial charge in [-0.25, -0.2) is 8.42 Å². The van der Waals surface area contributed by atoms with E-state index >= 15 is 0 Å². The molecule has 2 heterocycles. The predicted octanol–water partition coefficient (Wildman–Crippen LogP) is 2.07. The van der Waals surface area contributed by atoms with Crippen LogP contribution in [0.25, 0.3) is 0 Å². The van der Waals surface area contributed by atoms with E-state index in [-0.39, 0.29) is 16.8 Å². The SMILES string of the molecule is CCN(CC)S(=O)(=O)c1ccc(C(=O)N(C)C2CC3CCC(C2)N3)cc1. The number of carbonyl (C=O) groups excluding carboxylic acids is 1. The maximum Gasteiger partial charge on any atom is 0.253 e. The fraction of sp³-hybridized carbons (Fsp3) is 0.632. The molecule has 0 spiro atoms. The summed E-state index contributed by atoms with van der Waals surface area (Å²) in [5, 5.41) is 3.59. The lowest BCUT2D eigenvalue weighted by Crippen LogP contribution is -2.48. The van der Waals surface area contributed by atoms with Crippen LogP contribution in [-0.2, 0) is 10.0 Å². The van der Waals surface area contributed by atoms with E-state index in [0.717, 1.165) is 12.8 Å². The number of sulfonamides is 1. The second-order valence-electron chi connectivity index (χ2n) is 7.29. The van der Waals surface area contributed by atoms with Crippen LogP contribution in [-0.4, -0.2) is 61.8 Å². The van der Waals surface area contributed by atoms with Crippen LogP contribution in [0.5, 0.6) is 0 Å². The fourth-order valence-corrected chi connectivity index (χ4v) is 5.65. The highest BCUT2D eigenvalue weighted by atomic mass is 32.2. The predicted molar refractivity (Wildman–Crippen MR) is 102 cm³/mol. The summed E-state index contributed by atoms with van der Waals surface area (Å²) in [6.07, 6.45) is 4.38. The molecule has 2 aliphatic rings. The van der Waals surface area contributed by atoms with Gasteiger partial charge in [-0.1, -0.05) is 13.8 Å². The van der Waals surface area contributed by atoms with Crippen molar-refractivity contribution in [2.75, 3.05) is 20.1 Å². The molecule has 1 N–H and O–H groups in total. The van der Waals surface area contributed by atoms with Gasteiger partial charge in [-0.05, 0) is 49.9 Å². The molecule has 0 aromatic heterocycles. The van der Waals surface area contributed by atoms with E-state index in [2.05, 4.69) is 5.32 Å². The minimum atomic E-state index is -3.49. The van der Waals surface area contributed by atoms with E-state index in [1.165, 1.54) is 17.1 Å². The van der Waals surface area contributed by atoms with E-state index < -0.39 is 10.0 Å². The summed E-state index contributed by atoms with van der Waals surface area (Å²) in [4.78, 5) is 14.9. The fourth-order valence-electron chi connectivity index (χ4n) is 4.19. The molecule has 1 aromatic carbocycles. The lowest BCUT2D eigenvalue weighted by atomic mass is 9.98. The normalized spacial score (nSPS) is 25.5. The summed E-state index contributed by atoms with van der Waals surface area (Å²) in [7, 11) is -1.63. The molecule has 2 bridgehead atoms. The number of piperidine rings is 1. The first-order valence-corrected chi connectivity index (χ1v) is 10.9. The van der Waals surface area contributed by atoms with Gasteiger partial charge in [-0.15, -0.1) is 0 Å². The second kappa shape index (κ2) is 7.66. The zero-order valence-electron chi connectivity index (χ0n) is 15.8. The van der Waals surface area contributed by atoms with Crippen molar-refractivity contribution in [3.8, 4) is 0 Å². The van der Waals surface area contributed by atoms with Crippen molar-refractivity contribution in [3.05, 3.63) is 29.8 Å². The van der Waals surface area contributed by atoms with Crippen molar-refractivity contribution in [3.63, 3.8) is 0 Å². The first-order valence-electron chi connectivity index (χ1n) is 9.50. The summed E-state index contributed by atoms with van der Waals surface area (Å²) < 4.78 is 26.5. The molecule has 1 amide bonds. The van der Waals surface area contributed by atoms with E-state index in [4.69, 9.17) is 0 Å². The van der Waals surface area contributed by atoms with Gasteiger partial charge in [0.15, 0.2) is 0 Å². The van der Waals surface area contributed by atoms with Crippen LogP contribution in [0.1, 0.15) is 49.9 Å². The Bertz CT molecular complexity index is 732. The Morgan fingerprint density at radius 1 is 1.08 bits per heavy atom. The van der Waals surface area contributed by atoms with Crippen LogP contribution < -0.4 is 5.32 Å². The van der Waals surface area contributed by atoms with Crippen LogP contribution in [0, 0.1) is 0 Å². The number of fused-ring (bicyclic) bond motifs is 2. The van der Waals surface area contributed by atoms with Gasteiger partial charge in [0.1, 0.15) is 0 Å². The van der Waals surface area contributed by atoms with Crippen molar-refractivity contribution >= 4 is 15.9 Å². The minimum Gasteiger partial charge on any atom is -0.339 e. The van der Waals surface area contributed by atoms with Crippen molar-refractivity contribution in [2.24, 2.45) is 0 Å². The third-order valence-electron chi connectivity index (χ3n) is 5.76. The van der Waals surface area contributed by atoms with Gasteiger partial charge in [0, 0.05) is 43.8 Å². The quantitative estimate of drug-likeness (QED) is 0.822. The number of carbonyl (C=O) groups is 1. The molecular weight excluding hydrogens is 350 g/mol. The third kappa shape index (κ3) is 3.66. The molecule has 3 rings (SSSR count). The molecule has 1 aromatic rings. The van der Waals surface area contributed by atoms with Crippen LogP contribution in [0.2, 0.25) is 0 Å². The van der Waals surface area contributed by atoms with E-state index in [1.54, 1.807) is 24.3 Å². The van der Waals surface area contributed by atoms with Gasteiger partial charge in [0.05, 0.1) is 4.90 Å². The number of hydrogen-bond donors (Lipinski definition) is 1. The van der Waals surface area contributed by atoms with Gasteiger partial charge < -0.3 is 10.2 Å². The number of amides is 1. The first kappa shape index (κ1) is 19.3. The Labute approximate surface area is 156 Å². The molecule has 7 heteroatoms. The maximum atomic E-state index is 12.8. The molecule has 144 valence electrons. The Morgan fingerprint density at radius 2 is 1.62 bits per heavy atom. The zero-order chi connectivity index (χ0) is 18.9. The topological polar surface area (TPSA) is 69.7 Å². The van der Waals surface area contributed by atoms with E-state index in [0.29, 0.717) is 30.7 Å². The molecule has 26 heavy (non-hydrogen) atoms. The lowest BCUT2D eigenvalue weighted by Gasteiger charge is -2.35. The summed E-state index contributed by atoms with van der Waals surface area (Å²) >= 11 is 0. The number of nitrogens with one attached hydrogen (secondary N) is 1. The zero-order valence-corrected chi connectivity index (χ0v) is 16.6. The van der Waals surface area contributed by atoms with Gasteiger partial charge in [0.2, 0.25) is 10.0 Å². The Kier molecular flexibility index (Phi) is 5.69. The highest BCUT2D eigenvalue weighted by Gasteiger charge is 2.36. The Hall–Kier alpha value is -1.44. The molecule has 2 saturated heterocycles. The highest BCUT2D eigenvalue weighted by molar-refractivity contribution is 7.89. The van der Waals surface area contributed by atoms with Crippen LogP contribution >= 0.6 is 0 Å². The van der Waals surface area contributed by atoms with Crippen molar-refractivity contribution in [1.29, 1.82) is 0 Å². The molecule has 2 unspecified atom stereocenters. The molecule has 2 atom stereocenters. The van der Waals surface area contributed by atoms with E-state index in [1.807, 2.05) is 25.8 Å². The summed E-state index contributed by atoms with van der Waals surface area (Å²) in [6.45, 7) is 4.50. The average Bonchev–Trinajstić information content (AvgIpc) is 2.99. The number of benzene rings is 1. The Balaban J connectivity index is 1.72. The van der Waals surface area contributed by atoms with Gasteiger partial charge in [-0.3, -0.25) is 4.79 Å². The lowest BCUT2D eigenvalue weighted by molar-refractivity contribution is 0.0681. The molecule has 0 radical (unpaired) electrons. The largest absolute Gasteiger partial charge is 0.339 e. The van der Waals surface area contributed by atoms with Crippen molar-refractivity contribution < 1.29 is 13.2 Å². The number of hydrogen-bond acceptors (Lipinski definition) is 4. The van der Waals surface area contributed by atoms with Crippen LogP contribution in [0.15, 0.2) is 29.2 Å². The second-order valence-corrected chi connectivity index (χ2v) is 9.23. The molecule has 2 aliphatic heterocycles. The molecule has 6 nitrogen and oxygen atoms in total. The summed E-state index contributed by atoms with van der Waals surface area (Å²) in [5.74, 6) is -0.0388. The monoisotopic (exact) mass is 379 g/mol. The minimum absolute atomic E-state index is 0.0388. The van der Waals surface area contributed by atoms with Crippen molar-refractivity contribution in [1.82, 2.24) is 14.5 Å². The molecule has 2 fully saturated rings. The maximum absolute atomic E-state index is 12.8. The van der Waals surface area contributed by atoms with Gasteiger partial charge in [-0.2, -0.15) is 4.31 Å². The Morgan fingerprint density at radius 3 is 2.12 bits per heavy atom. The number of rotatable bonds is 6. The van der Waals surface area contributed by atoms with Crippen LogP contribution in [0.4, 0.5) is 0 Å². The first-order chi connectivity index (χ1) is 12.4. The molecular formula is C19H29N3O3S. The van der Waals surface area contributed by atoms with Gasteiger partial charge in [0.25, 0.3) is 5.91 Å². The highest BCUT2D eigenvalue weighted by Crippen LogP contribution is 2.30.